The molecule has 0 unspecified atom stereocenters. The SMILES string of the molecule is COc1ccc(CNC(=O)CNC(=O)CC23CC4CC(CC(C4)C2)C3)cc1OC. The van der Waals surface area contributed by atoms with Gasteiger partial charge in [-0.3, -0.25) is 9.59 Å². The Balaban J connectivity index is 1.22. The van der Waals surface area contributed by atoms with Gasteiger partial charge in [0.2, 0.25) is 11.8 Å². The first kappa shape index (κ1) is 20.0. The molecule has 2 N–H and O–H groups in total. The summed E-state index contributed by atoms with van der Waals surface area (Å²) in [5.74, 6) is 3.62. The summed E-state index contributed by atoms with van der Waals surface area (Å²) in [5.41, 5.74) is 1.12. The Morgan fingerprint density at radius 2 is 1.55 bits per heavy atom. The molecule has 0 heterocycles. The van der Waals surface area contributed by atoms with Gasteiger partial charge in [-0.1, -0.05) is 6.07 Å². The standard InChI is InChI=1S/C23H32N2O4/c1-28-19-4-3-15(8-20(19)29-2)13-24-22(27)14-25-21(26)12-23-9-16-5-17(10-23)7-18(6-16)11-23/h3-4,8,16-18H,5-7,9-14H2,1-2H3,(H,24,27)(H,25,26). The third kappa shape index (κ3) is 4.51. The highest BCUT2D eigenvalue weighted by atomic mass is 16.5. The smallest absolute Gasteiger partial charge is 0.239 e. The highest BCUT2D eigenvalue weighted by Crippen LogP contribution is 2.61. The molecular formula is C23H32N2O4. The van der Waals surface area contributed by atoms with Crippen LogP contribution in [0.2, 0.25) is 0 Å². The monoisotopic (exact) mass is 400 g/mol. The Morgan fingerprint density at radius 1 is 0.931 bits per heavy atom. The van der Waals surface area contributed by atoms with E-state index in [1.54, 1.807) is 14.2 Å². The molecule has 1 aromatic rings. The van der Waals surface area contributed by atoms with E-state index in [0.29, 0.717) is 24.5 Å². The summed E-state index contributed by atoms with van der Waals surface area (Å²) in [4.78, 5) is 24.7. The van der Waals surface area contributed by atoms with Gasteiger partial charge in [0, 0.05) is 13.0 Å². The van der Waals surface area contributed by atoms with Crippen LogP contribution in [0.25, 0.3) is 0 Å². The van der Waals surface area contributed by atoms with Crippen LogP contribution >= 0.6 is 0 Å². The van der Waals surface area contributed by atoms with Crippen molar-refractivity contribution >= 4 is 11.8 Å². The molecular weight excluding hydrogens is 368 g/mol. The van der Waals surface area contributed by atoms with Crippen molar-refractivity contribution in [1.82, 2.24) is 10.6 Å². The first-order valence-electron chi connectivity index (χ1n) is 10.7. The molecule has 4 bridgehead atoms. The van der Waals surface area contributed by atoms with Gasteiger partial charge in [0.25, 0.3) is 0 Å². The average molecular weight is 401 g/mol. The van der Waals surface area contributed by atoms with Gasteiger partial charge in [0.1, 0.15) is 0 Å². The Morgan fingerprint density at radius 3 is 2.14 bits per heavy atom. The highest BCUT2D eigenvalue weighted by molar-refractivity contribution is 5.85. The lowest BCUT2D eigenvalue weighted by Gasteiger charge is -2.56. The number of amides is 2. The van der Waals surface area contributed by atoms with Gasteiger partial charge in [0.05, 0.1) is 20.8 Å². The summed E-state index contributed by atoms with van der Waals surface area (Å²) in [5, 5.41) is 5.69. The molecule has 158 valence electrons. The number of hydrogen-bond donors (Lipinski definition) is 2. The zero-order valence-electron chi connectivity index (χ0n) is 17.5. The van der Waals surface area contributed by atoms with E-state index in [9.17, 15) is 9.59 Å². The van der Waals surface area contributed by atoms with E-state index in [1.807, 2.05) is 18.2 Å². The average Bonchev–Trinajstić information content (AvgIpc) is 2.69. The maximum atomic E-state index is 12.5. The van der Waals surface area contributed by atoms with E-state index in [-0.39, 0.29) is 23.8 Å². The van der Waals surface area contributed by atoms with Crippen molar-refractivity contribution in [2.24, 2.45) is 23.2 Å². The molecule has 2 amide bonds. The number of carbonyl (C=O) groups is 2. The van der Waals surface area contributed by atoms with Crippen molar-refractivity contribution in [1.29, 1.82) is 0 Å². The molecule has 0 aliphatic heterocycles. The molecule has 4 aliphatic carbocycles. The number of rotatable bonds is 8. The second-order valence-corrected chi connectivity index (χ2v) is 9.34. The fourth-order valence-corrected chi connectivity index (χ4v) is 6.34. The van der Waals surface area contributed by atoms with Gasteiger partial charge in [-0.2, -0.15) is 0 Å². The minimum absolute atomic E-state index is 0.0215. The molecule has 6 heteroatoms. The molecule has 0 aromatic heterocycles. The van der Waals surface area contributed by atoms with Gasteiger partial charge in [-0.15, -0.1) is 0 Å². The molecule has 4 aliphatic rings. The minimum Gasteiger partial charge on any atom is -0.493 e. The first-order chi connectivity index (χ1) is 14.0. The molecule has 1 aromatic carbocycles. The number of hydrogen-bond acceptors (Lipinski definition) is 4. The Kier molecular flexibility index (Phi) is 5.70. The van der Waals surface area contributed by atoms with Crippen LogP contribution in [0.3, 0.4) is 0 Å². The summed E-state index contributed by atoms with van der Waals surface area (Å²) in [7, 11) is 3.17. The van der Waals surface area contributed by atoms with Crippen LogP contribution in [0.5, 0.6) is 11.5 Å². The van der Waals surface area contributed by atoms with Gasteiger partial charge in [-0.25, -0.2) is 0 Å². The Bertz CT molecular complexity index is 741. The number of benzene rings is 1. The Labute approximate surface area is 172 Å². The van der Waals surface area contributed by atoms with E-state index >= 15 is 0 Å². The lowest BCUT2D eigenvalue weighted by Crippen LogP contribution is -2.48. The summed E-state index contributed by atoms with van der Waals surface area (Å²) < 4.78 is 10.5. The van der Waals surface area contributed by atoms with Crippen LogP contribution in [0.1, 0.15) is 50.5 Å². The highest BCUT2D eigenvalue weighted by Gasteiger charge is 2.51. The zero-order chi connectivity index (χ0) is 20.4. The largest absolute Gasteiger partial charge is 0.493 e. The van der Waals surface area contributed by atoms with Crippen molar-refractivity contribution in [3.05, 3.63) is 23.8 Å². The van der Waals surface area contributed by atoms with Crippen LogP contribution in [-0.4, -0.2) is 32.6 Å². The van der Waals surface area contributed by atoms with Gasteiger partial charge >= 0.3 is 0 Å². The topological polar surface area (TPSA) is 76.7 Å². The maximum absolute atomic E-state index is 12.5. The van der Waals surface area contributed by atoms with Crippen LogP contribution in [0, 0.1) is 23.2 Å². The van der Waals surface area contributed by atoms with Crippen LogP contribution < -0.4 is 20.1 Å². The van der Waals surface area contributed by atoms with Crippen molar-refractivity contribution < 1.29 is 19.1 Å². The fraction of sp³-hybridized carbons (Fsp3) is 0.652. The number of ether oxygens (including phenoxy) is 2. The van der Waals surface area contributed by atoms with Crippen LogP contribution in [0.15, 0.2) is 18.2 Å². The van der Waals surface area contributed by atoms with Crippen molar-refractivity contribution in [3.63, 3.8) is 0 Å². The van der Waals surface area contributed by atoms with Gasteiger partial charge in [-0.05, 0) is 79.4 Å². The summed E-state index contributed by atoms with van der Waals surface area (Å²) in [6, 6.07) is 5.53. The lowest BCUT2D eigenvalue weighted by atomic mass is 9.49. The van der Waals surface area contributed by atoms with E-state index < -0.39 is 0 Å². The molecule has 0 atom stereocenters. The summed E-state index contributed by atoms with van der Waals surface area (Å²) in [6.07, 6.45) is 8.32. The van der Waals surface area contributed by atoms with Gasteiger partial charge in [0.15, 0.2) is 11.5 Å². The zero-order valence-corrected chi connectivity index (χ0v) is 17.5. The third-order valence-corrected chi connectivity index (χ3v) is 7.08. The van der Waals surface area contributed by atoms with Crippen LogP contribution in [0.4, 0.5) is 0 Å². The van der Waals surface area contributed by atoms with Crippen molar-refractivity contribution in [3.8, 4) is 11.5 Å². The predicted octanol–water partition coefficient (Wildman–Crippen LogP) is 3.04. The van der Waals surface area contributed by atoms with Gasteiger partial charge < -0.3 is 20.1 Å². The third-order valence-electron chi connectivity index (χ3n) is 7.08. The minimum atomic E-state index is -0.182. The van der Waals surface area contributed by atoms with E-state index in [0.717, 1.165) is 23.3 Å². The normalized spacial score (nSPS) is 29.4. The second kappa shape index (κ2) is 8.25. The predicted molar refractivity (Wildman–Crippen MR) is 110 cm³/mol. The molecule has 6 nitrogen and oxygen atoms in total. The molecule has 0 saturated heterocycles. The van der Waals surface area contributed by atoms with Crippen molar-refractivity contribution in [2.45, 2.75) is 51.5 Å². The molecule has 4 fully saturated rings. The van der Waals surface area contributed by atoms with E-state index in [1.165, 1.54) is 38.5 Å². The van der Waals surface area contributed by atoms with E-state index in [4.69, 9.17) is 9.47 Å². The lowest BCUT2D eigenvalue weighted by molar-refractivity contribution is -0.131. The fourth-order valence-electron chi connectivity index (χ4n) is 6.34. The maximum Gasteiger partial charge on any atom is 0.239 e. The summed E-state index contributed by atoms with van der Waals surface area (Å²) >= 11 is 0. The molecule has 0 radical (unpaired) electrons. The van der Waals surface area contributed by atoms with E-state index in [2.05, 4.69) is 10.6 Å². The molecule has 0 spiro atoms. The number of nitrogens with one attached hydrogen (secondary N) is 2. The molecule has 5 rings (SSSR count). The number of carbonyl (C=O) groups excluding carboxylic acids is 2. The van der Waals surface area contributed by atoms with Crippen molar-refractivity contribution in [2.75, 3.05) is 20.8 Å². The second-order valence-electron chi connectivity index (χ2n) is 9.34. The summed E-state index contributed by atoms with van der Waals surface area (Å²) in [6.45, 7) is 0.405. The molecule has 4 saturated carbocycles. The quantitative estimate of drug-likeness (QED) is 0.703. The number of methoxy groups -OCH3 is 2. The van der Waals surface area contributed by atoms with Crippen LogP contribution in [-0.2, 0) is 16.1 Å². The molecule has 29 heavy (non-hydrogen) atoms. The first-order valence-corrected chi connectivity index (χ1v) is 10.7. The Hall–Kier alpha value is -2.24.